The van der Waals surface area contributed by atoms with Crippen LogP contribution in [0.15, 0.2) is 73.2 Å². The lowest BCUT2D eigenvalue weighted by atomic mass is 10.1. The van der Waals surface area contributed by atoms with Crippen molar-refractivity contribution in [2.45, 2.75) is 25.3 Å². The van der Waals surface area contributed by atoms with Gasteiger partial charge in [0.2, 0.25) is 17.6 Å². The molecule has 1 fully saturated rings. The van der Waals surface area contributed by atoms with Crippen LogP contribution in [0.2, 0.25) is 0 Å². The summed E-state index contributed by atoms with van der Waals surface area (Å²) in [4.78, 5) is 34.4. The zero-order valence-corrected chi connectivity index (χ0v) is 26.2. The Bertz CT molecular complexity index is 2070. The zero-order valence-electron chi connectivity index (χ0n) is 26.2. The second kappa shape index (κ2) is 12.6. The van der Waals surface area contributed by atoms with Crippen LogP contribution in [0.25, 0.3) is 33.2 Å². The number of amides is 1. The second-order valence-electron chi connectivity index (χ2n) is 11.5. The van der Waals surface area contributed by atoms with Gasteiger partial charge in [-0.3, -0.25) is 14.4 Å². The molecule has 6 aromatic rings. The smallest absolute Gasteiger partial charge is 0.449 e. The molecule has 0 unspecified atom stereocenters. The van der Waals surface area contributed by atoms with Crippen LogP contribution in [0.4, 0.5) is 13.2 Å². The number of hydrogen-bond donors (Lipinski definition) is 1. The average molecular weight is 660 g/mol. The zero-order chi connectivity index (χ0) is 33.4. The molecule has 1 atom stereocenters. The summed E-state index contributed by atoms with van der Waals surface area (Å²) in [6.07, 6.45) is 0.473. The topological polar surface area (TPSA) is 119 Å². The molecule has 0 saturated carbocycles. The molecule has 5 heterocycles. The number of carbonyl (C=O) groups is 1. The van der Waals surface area contributed by atoms with Crippen LogP contribution in [0.1, 0.15) is 17.7 Å². The number of carbonyl (C=O) groups excluding carboxylic acids is 1. The molecule has 0 radical (unpaired) electrons. The molecule has 2 aromatic carbocycles. The number of imidazole rings is 2. The van der Waals surface area contributed by atoms with Gasteiger partial charge in [0.25, 0.3) is 0 Å². The molecule has 0 aliphatic carbocycles. The van der Waals surface area contributed by atoms with Crippen molar-refractivity contribution in [3.05, 3.63) is 84.8 Å². The van der Waals surface area contributed by atoms with Gasteiger partial charge in [-0.25, -0.2) is 15.0 Å². The van der Waals surface area contributed by atoms with Crippen molar-refractivity contribution in [1.29, 1.82) is 0 Å². The number of rotatable bonds is 9. The van der Waals surface area contributed by atoms with Gasteiger partial charge in [-0.1, -0.05) is 18.2 Å². The summed E-state index contributed by atoms with van der Waals surface area (Å²) >= 11 is 0. The van der Waals surface area contributed by atoms with E-state index in [9.17, 15) is 18.0 Å². The quantitative estimate of drug-likeness (QED) is 0.235. The number of ether oxygens (including phenoxy) is 2. The lowest BCUT2D eigenvalue weighted by molar-refractivity contribution is -0.148. The highest BCUT2D eigenvalue weighted by molar-refractivity contribution is 5.85. The van der Waals surface area contributed by atoms with E-state index in [4.69, 9.17) is 9.47 Å². The standard InChI is InChI=1S/C33H32F3N9O3/c1-47-22-8-9-25-27(17-22)45(32(41-25)33(34,35)36)20-29(46)44-15-13-42(12-14-43-11-5-10-38-43)19-28(44)30-37-18-26(39-30)23-16-21-6-3-4-7-24(21)40-31(23)48-2/h3-11,16-18,28H,12-15,19-20H2,1-2H3,(H,37,39)/t28-/m0/s1. The Morgan fingerprint density at radius 1 is 1.00 bits per heavy atom. The molecule has 0 spiro atoms. The third kappa shape index (κ3) is 6.03. The van der Waals surface area contributed by atoms with Crippen LogP contribution in [-0.2, 0) is 24.1 Å². The van der Waals surface area contributed by atoms with E-state index in [1.165, 1.54) is 25.3 Å². The largest absolute Gasteiger partial charge is 0.497 e. The summed E-state index contributed by atoms with van der Waals surface area (Å²) < 4.78 is 56.2. The molecule has 1 saturated heterocycles. The first kappa shape index (κ1) is 31.2. The van der Waals surface area contributed by atoms with E-state index in [0.29, 0.717) is 54.9 Å². The van der Waals surface area contributed by atoms with E-state index in [0.717, 1.165) is 15.5 Å². The first-order valence-electron chi connectivity index (χ1n) is 15.3. The number of benzene rings is 2. The van der Waals surface area contributed by atoms with E-state index >= 15 is 0 Å². The maximum Gasteiger partial charge on any atom is 0.449 e. The fraction of sp³-hybridized carbons (Fsp3) is 0.303. The monoisotopic (exact) mass is 659 g/mol. The summed E-state index contributed by atoms with van der Waals surface area (Å²) in [5, 5.41) is 5.19. The second-order valence-corrected chi connectivity index (χ2v) is 11.5. The van der Waals surface area contributed by atoms with Gasteiger partial charge in [0.1, 0.15) is 24.2 Å². The summed E-state index contributed by atoms with van der Waals surface area (Å²) in [6.45, 7) is 1.91. The highest BCUT2D eigenvalue weighted by atomic mass is 19.4. The van der Waals surface area contributed by atoms with Gasteiger partial charge in [-0.05, 0) is 30.3 Å². The maximum absolute atomic E-state index is 14.2. The molecule has 7 rings (SSSR count). The Morgan fingerprint density at radius 2 is 1.85 bits per heavy atom. The fourth-order valence-corrected chi connectivity index (χ4v) is 6.17. The number of methoxy groups -OCH3 is 2. The molecule has 248 valence electrons. The van der Waals surface area contributed by atoms with Crippen molar-refractivity contribution in [3.63, 3.8) is 0 Å². The molecule has 4 aromatic heterocycles. The van der Waals surface area contributed by atoms with E-state index in [2.05, 4.69) is 29.9 Å². The molecule has 0 bridgehead atoms. The van der Waals surface area contributed by atoms with Gasteiger partial charge in [0, 0.05) is 50.0 Å². The summed E-state index contributed by atoms with van der Waals surface area (Å²) in [6, 6.07) is 15.3. The predicted molar refractivity (Wildman–Crippen MR) is 170 cm³/mol. The van der Waals surface area contributed by atoms with Crippen molar-refractivity contribution in [1.82, 2.24) is 44.1 Å². The van der Waals surface area contributed by atoms with Crippen LogP contribution in [0.5, 0.6) is 11.6 Å². The number of aromatic amines is 1. The number of pyridine rings is 1. The first-order chi connectivity index (χ1) is 23.2. The SMILES string of the molecule is COc1ccc2nc(C(F)(F)F)n(CC(=O)N3CCN(CCn4cccn4)C[C@H]3c3ncc(-c4cc5ccccc5nc4OC)[nH]3)c2c1. The van der Waals surface area contributed by atoms with Crippen molar-refractivity contribution in [2.24, 2.45) is 0 Å². The van der Waals surface area contributed by atoms with Crippen LogP contribution in [0.3, 0.4) is 0 Å². The van der Waals surface area contributed by atoms with Crippen molar-refractivity contribution >= 4 is 27.8 Å². The highest BCUT2D eigenvalue weighted by Gasteiger charge is 2.40. The Morgan fingerprint density at radius 3 is 2.62 bits per heavy atom. The van der Waals surface area contributed by atoms with Gasteiger partial charge in [-0.2, -0.15) is 18.3 Å². The lowest BCUT2D eigenvalue weighted by Gasteiger charge is -2.40. The molecule has 48 heavy (non-hydrogen) atoms. The molecule has 1 aliphatic heterocycles. The normalized spacial score (nSPS) is 15.8. The number of para-hydroxylation sites is 1. The van der Waals surface area contributed by atoms with Crippen molar-refractivity contribution < 1.29 is 27.4 Å². The van der Waals surface area contributed by atoms with Crippen molar-refractivity contribution in [3.8, 4) is 22.9 Å². The van der Waals surface area contributed by atoms with E-state index in [1.807, 2.05) is 47.3 Å². The fourth-order valence-electron chi connectivity index (χ4n) is 6.17. The van der Waals surface area contributed by atoms with Gasteiger partial charge >= 0.3 is 6.18 Å². The number of nitrogens with one attached hydrogen (secondary N) is 1. The summed E-state index contributed by atoms with van der Waals surface area (Å²) in [5.41, 5.74) is 2.36. The number of aromatic nitrogens is 7. The van der Waals surface area contributed by atoms with Crippen LogP contribution in [0, 0.1) is 0 Å². The minimum absolute atomic E-state index is 0.115. The number of hydrogen-bond acceptors (Lipinski definition) is 8. The number of H-pyrrole nitrogens is 1. The van der Waals surface area contributed by atoms with E-state index < -0.39 is 30.5 Å². The molecule has 15 heteroatoms. The van der Waals surface area contributed by atoms with Gasteiger partial charge in [-0.15, -0.1) is 0 Å². The van der Waals surface area contributed by atoms with Crippen LogP contribution in [-0.4, -0.2) is 90.4 Å². The molecular weight excluding hydrogens is 627 g/mol. The van der Waals surface area contributed by atoms with Crippen LogP contribution < -0.4 is 9.47 Å². The molecule has 12 nitrogen and oxygen atoms in total. The number of alkyl halides is 3. The minimum Gasteiger partial charge on any atom is -0.497 e. The molecule has 1 amide bonds. The Labute approximate surface area is 272 Å². The van der Waals surface area contributed by atoms with Gasteiger partial charge in [0.05, 0.1) is 54.8 Å². The third-order valence-corrected chi connectivity index (χ3v) is 8.58. The minimum atomic E-state index is -4.78. The predicted octanol–water partition coefficient (Wildman–Crippen LogP) is 4.79. The Kier molecular flexibility index (Phi) is 8.21. The Hall–Kier alpha value is -5.44. The summed E-state index contributed by atoms with van der Waals surface area (Å²) in [5.74, 6) is -0.392. The highest BCUT2D eigenvalue weighted by Crippen LogP contribution is 2.35. The van der Waals surface area contributed by atoms with Crippen LogP contribution >= 0.6 is 0 Å². The number of halogens is 3. The maximum atomic E-state index is 14.2. The van der Waals surface area contributed by atoms with Crippen molar-refractivity contribution in [2.75, 3.05) is 40.4 Å². The average Bonchev–Trinajstić information content (AvgIpc) is 3.87. The molecule has 1 aliphatic rings. The molecule has 1 N–H and O–H groups in total. The third-order valence-electron chi connectivity index (χ3n) is 8.58. The number of piperazine rings is 1. The lowest BCUT2D eigenvalue weighted by Crippen LogP contribution is -2.52. The molecular formula is C33H32F3N9O3. The number of nitrogens with zero attached hydrogens (tertiary/aromatic N) is 8. The van der Waals surface area contributed by atoms with Gasteiger partial charge in [0.15, 0.2) is 0 Å². The van der Waals surface area contributed by atoms with E-state index in [1.54, 1.807) is 24.4 Å². The van der Waals surface area contributed by atoms with Gasteiger partial charge < -0.3 is 23.9 Å². The van der Waals surface area contributed by atoms with E-state index in [-0.39, 0.29) is 17.6 Å². The number of fused-ring (bicyclic) bond motifs is 2. The first-order valence-corrected chi connectivity index (χ1v) is 15.3. The summed E-state index contributed by atoms with van der Waals surface area (Å²) in [7, 11) is 2.97. The Balaban J connectivity index is 1.23.